The zero-order chi connectivity index (χ0) is 18.5. The summed E-state index contributed by atoms with van der Waals surface area (Å²) in [5, 5.41) is 11.3. The van der Waals surface area contributed by atoms with Crippen molar-refractivity contribution in [2.45, 2.75) is 58.0 Å². The van der Waals surface area contributed by atoms with E-state index in [0.29, 0.717) is 12.1 Å². The van der Waals surface area contributed by atoms with E-state index in [9.17, 15) is 0 Å². The molecule has 2 saturated heterocycles. The van der Waals surface area contributed by atoms with Gasteiger partial charge in [-0.2, -0.15) is 10.2 Å². The lowest BCUT2D eigenvalue weighted by atomic mass is 10.1. The average molecular weight is 361 g/mol. The number of hydrazone groups is 1. The first-order chi connectivity index (χ1) is 12.5. The lowest BCUT2D eigenvalue weighted by molar-refractivity contribution is 0.135. The van der Waals surface area contributed by atoms with E-state index in [-0.39, 0.29) is 0 Å². The van der Waals surface area contributed by atoms with E-state index in [1.165, 1.54) is 64.0 Å². The van der Waals surface area contributed by atoms with E-state index < -0.39 is 0 Å². The molecule has 0 unspecified atom stereocenters. The second-order valence-electron chi connectivity index (χ2n) is 8.25. The Labute approximate surface area is 158 Å². The maximum absolute atomic E-state index is 4.57. The van der Waals surface area contributed by atoms with Crippen LogP contribution in [-0.4, -0.2) is 83.2 Å². The van der Waals surface area contributed by atoms with Crippen LogP contribution in [0.25, 0.3) is 0 Å². The Hall–Kier alpha value is -1.40. The Balaban J connectivity index is 0.000000151. The number of likely N-dealkylation sites (tertiary alicyclic amines) is 2. The quantitative estimate of drug-likeness (QED) is 0.813. The van der Waals surface area contributed by atoms with Gasteiger partial charge in [0, 0.05) is 30.9 Å². The van der Waals surface area contributed by atoms with Crippen LogP contribution < -0.4 is 0 Å². The van der Waals surface area contributed by atoms with Crippen molar-refractivity contribution >= 4 is 5.71 Å². The monoisotopic (exact) mass is 360 g/mol. The van der Waals surface area contributed by atoms with Gasteiger partial charge in [0.2, 0.25) is 0 Å². The number of hydrogen-bond acceptors (Lipinski definition) is 5. The molecule has 0 aliphatic carbocycles. The third-order valence-electron chi connectivity index (χ3n) is 5.92. The predicted octanol–water partition coefficient (Wildman–Crippen LogP) is 2.62. The first-order valence-electron chi connectivity index (χ1n) is 10.2. The maximum Gasteiger partial charge on any atom is 0.0593 e. The van der Waals surface area contributed by atoms with Gasteiger partial charge in [-0.05, 0) is 85.9 Å². The third kappa shape index (κ3) is 5.30. The summed E-state index contributed by atoms with van der Waals surface area (Å²) in [5.74, 6) is 0. The van der Waals surface area contributed by atoms with Crippen LogP contribution in [0.5, 0.6) is 0 Å². The summed E-state index contributed by atoms with van der Waals surface area (Å²) in [7, 11) is 4.39. The van der Waals surface area contributed by atoms with Crippen LogP contribution in [0, 0.1) is 6.92 Å². The molecule has 0 spiro atoms. The Morgan fingerprint density at radius 3 is 1.88 bits per heavy atom. The van der Waals surface area contributed by atoms with Crippen molar-refractivity contribution in [2.24, 2.45) is 5.10 Å². The highest BCUT2D eigenvalue weighted by atomic mass is 15.5. The van der Waals surface area contributed by atoms with Crippen molar-refractivity contribution in [1.82, 2.24) is 24.6 Å². The van der Waals surface area contributed by atoms with Crippen LogP contribution in [0.4, 0.5) is 0 Å². The van der Waals surface area contributed by atoms with Crippen molar-refractivity contribution < 1.29 is 0 Å². The smallest absolute Gasteiger partial charge is 0.0593 e. The molecule has 3 aliphatic rings. The van der Waals surface area contributed by atoms with Crippen molar-refractivity contribution in [2.75, 3.05) is 46.8 Å². The molecule has 4 rings (SSSR count). The first-order valence-corrected chi connectivity index (χ1v) is 10.2. The number of aryl methyl sites for hydroxylation is 1. The molecule has 1 aromatic rings. The van der Waals surface area contributed by atoms with Crippen LogP contribution in [0.1, 0.15) is 50.8 Å². The van der Waals surface area contributed by atoms with Gasteiger partial charge >= 0.3 is 0 Å². The van der Waals surface area contributed by atoms with Gasteiger partial charge in [0.15, 0.2) is 0 Å². The van der Waals surface area contributed by atoms with E-state index in [2.05, 4.69) is 63.0 Å². The van der Waals surface area contributed by atoms with Gasteiger partial charge in [-0.3, -0.25) is 9.69 Å². The lowest BCUT2D eigenvalue weighted by Crippen LogP contribution is -2.40. The molecular weight excluding hydrogens is 324 g/mol. The average Bonchev–Trinajstić information content (AvgIpc) is 3.25. The fourth-order valence-corrected chi connectivity index (χ4v) is 4.05. The minimum absolute atomic E-state index is 0.630. The summed E-state index contributed by atoms with van der Waals surface area (Å²) in [6.45, 7) is 10.2. The SMILES string of the molecule is CC1=NN(C2CCN(C)CC2)CC1.Cc1ccn(C2CCN(C)CC2)n1. The summed E-state index contributed by atoms with van der Waals surface area (Å²) >= 11 is 0. The van der Waals surface area contributed by atoms with E-state index in [0.717, 1.165) is 12.2 Å². The standard InChI is InChI=1S/C10H19N3.C10H17N3/c2*1-9-3-8-13(11-9)10-4-6-12(2)7-5-10/h10H,3-8H2,1-2H3;3,8,10H,4-7H2,1-2H3. The van der Waals surface area contributed by atoms with Gasteiger partial charge < -0.3 is 9.80 Å². The number of nitrogens with zero attached hydrogens (tertiary/aromatic N) is 6. The molecule has 4 heterocycles. The number of piperidine rings is 2. The van der Waals surface area contributed by atoms with Gasteiger partial charge in [-0.1, -0.05) is 0 Å². The minimum atomic E-state index is 0.630. The second kappa shape index (κ2) is 9.00. The topological polar surface area (TPSA) is 39.9 Å². The summed E-state index contributed by atoms with van der Waals surface area (Å²) < 4.78 is 2.13. The van der Waals surface area contributed by atoms with E-state index >= 15 is 0 Å². The van der Waals surface area contributed by atoms with Crippen LogP contribution in [0.2, 0.25) is 0 Å². The molecular formula is C20H36N6. The normalized spacial score (nSPS) is 23.7. The first kappa shape index (κ1) is 19.4. The molecule has 0 amide bonds. The van der Waals surface area contributed by atoms with Gasteiger partial charge in [0.25, 0.3) is 0 Å². The molecule has 0 aromatic carbocycles. The highest BCUT2D eigenvalue weighted by Gasteiger charge is 2.24. The van der Waals surface area contributed by atoms with Gasteiger partial charge in [0.05, 0.1) is 11.7 Å². The number of rotatable bonds is 2. The van der Waals surface area contributed by atoms with Crippen LogP contribution in [0.15, 0.2) is 17.4 Å². The summed E-state index contributed by atoms with van der Waals surface area (Å²) in [5.41, 5.74) is 2.43. The van der Waals surface area contributed by atoms with Crippen LogP contribution >= 0.6 is 0 Å². The van der Waals surface area contributed by atoms with Gasteiger partial charge in [-0.25, -0.2) is 0 Å². The fraction of sp³-hybridized carbons (Fsp3) is 0.800. The van der Waals surface area contributed by atoms with E-state index in [1.807, 2.05) is 6.92 Å². The fourth-order valence-electron chi connectivity index (χ4n) is 4.05. The molecule has 0 saturated carbocycles. The molecule has 0 bridgehead atoms. The molecule has 0 atom stereocenters. The van der Waals surface area contributed by atoms with Crippen molar-refractivity contribution in [3.8, 4) is 0 Å². The van der Waals surface area contributed by atoms with Crippen molar-refractivity contribution in [3.63, 3.8) is 0 Å². The van der Waals surface area contributed by atoms with Gasteiger partial charge in [0.1, 0.15) is 0 Å². The summed E-state index contributed by atoms with van der Waals surface area (Å²) in [4.78, 5) is 4.79. The molecule has 146 valence electrons. The Kier molecular flexibility index (Phi) is 6.70. The summed E-state index contributed by atoms with van der Waals surface area (Å²) in [6, 6.07) is 3.43. The minimum Gasteiger partial charge on any atom is -0.306 e. The van der Waals surface area contributed by atoms with Crippen molar-refractivity contribution in [1.29, 1.82) is 0 Å². The highest BCUT2D eigenvalue weighted by molar-refractivity contribution is 5.83. The van der Waals surface area contributed by atoms with Gasteiger partial charge in [-0.15, -0.1) is 0 Å². The predicted molar refractivity (Wildman–Crippen MR) is 108 cm³/mol. The molecule has 3 aliphatic heterocycles. The maximum atomic E-state index is 4.57. The van der Waals surface area contributed by atoms with Crippen LogP contribution in [0.3, 0.4) is 0 Å². The lowest BCUT2D eigenvalue weighted by Gasteiger charge is -2.33. The van der Waals surface area contributed by atoms with Crippen LogP contribution in [-0.2, 0) is 0 Å². The zero-order valence-electron chi connectivity index (χ0n) is 17.1. The molecule has 0 radical (unpaired) electrons. The Morgan fingerprint density at radius 2 is 1.42 bits per heavy atom. The van der Waals surface area contributed by atoms with E-state index in [4.69, 9.17) is 0 Å². The molecule has 0 N–H and O–H groups in total. The Bertz CT molecular complexity index is 579. The Morgan fingerprint density at radius 1 is 0.846 bits per heavy atom. The molecule has 1 aromatic heterocycles. The number of aromatic nitrogens is 2. The molecule has 6 heteroatoms. The molecule has 26 heavy (non-hydrogen) atoms. The zero-order valence-corrected chi connectivity index (χ0v) is 17.1. The molecule has 6 nitrogen and oxygen atoms in total. The van der Waals surface area contributed by atoms with E-state index in [1.54, 1.807) is 0 Å². The molecule has 2 fully saturated rings. The third-order valence-corrected chi connectivity index (χ3v) is 5.92. The number of hydrogen-bond donors (Lipinski definition) is 0. The summed E-state index contributed by atoms with van der Waals surface area (Å²) in [6.07, 6.45) is 8.31. The second-order valence-corrected chi connectivity index (χ2v) is 8.25. The van der Waals surface area contributed by atoms with Crippen molar-refractivity contribution in [3.05, 3.63) is 18.0 Å². The largest absolute Gasteiger partial charge is 0.306 e. The highest BCUT2D eigenvalue weighted by Crippen LogP contribution is 2.21.